The number of benzene rings is 2. The molecule has 109 heavy (non-hydrogen) atoms. The summed E-state index contributed by atoms with van der Waals surface area (Å²) >= 11 is 34.2. The first-order chi connectivity index (χ1) is 52.4. The van der Waals surface area contributed by atoms with E-state index in [1.165, 1.54) is 58.8 Å². The maximum Gasteiger partial charge on any atom is 0.266 e. The molecule has 5 aliphatic rings. The third-order valence-corrected chi connectivity index (χ3v) is 21.6. The number of Topliss-reactive ketones (excluding diaryl/α,β-unsaturated/α-hetero) is 5. The molecule has 0 aliphatic carbocycles. The molecule has 0 bridgehead atoms. The van der Waals surface area contributed by atoms with Crippen LogP contribution in [0, 0.1) is 0 Å². The lowest BCUT2D eigenvalue weighted by molar-refractivity contribution is -0.123. The quantitative estimate of drug-likeness (QED) is 0.0392. The van der Waals surface area contributed by atoms with Crippen molar-refractivity contribution in [2.24, 2.45) is 0 Å². The highest BCUT2D eigenvalue weighted by molar-refractivity contribution is 8.28. The molecule has 8 heterocycles. The van der Waals surface area contributed by atoms with Crippen LogP contribution in [-0.2, 0) is 47.9 Å². The highest BCUT2D eigenvalue weighted by Crippen LogP contribution is 2.37. The molecule has 3 aromatic heterocycles. The van der Waals surface area contributed by atoms with Crippen molar-refractivity contribution in [2.75, 3.05) is 32.7 Å². The maximum atomic E-state index is 12.3. The Morgan fingerprint density at radius 3 is 0.780 bits per heavy atom. The van der Waals surface area contributed by atoms with E-state index in [1.807, 2.05) is 202 Å². The Kier molecular flexibility index (Phi) is 53.2. The van der Waals surface area contributed by atoms with Gasteiger partial charge < -0.3 is 24.0 Å². The number of ketones is 5. The van der Waals surface area contributed by atoms with Gasteiger partial charge in [0.05, 0.1) is 35.9 Å². The van der Waals surface area contributed by atoms with Crippen molar-refractivity contribution in [3.63, 3.8) is 0 Å². The number of carbonyl (C=O) groups excluding carboxylic acids is 10. The summed E-state index contributed by atoms with van der Waals surface area (Å²) in [5.41, 5.74) is 3.43. The molecule has 0 unspecified atom stereocenters. The Morgan fingerprint density at radius 2 is 0.560 bits per heavy atom. The largest absolute Gasteiger partial charge is 0.300 e. The van der Waals surface area contributed by atoms with Crippen LogP contribution in [0.25, 0.3) is 30.4 Å². The van der Waals surface area contributed by atoms with Crippen molar-refractivity contribution in [3.8, 4) is 0 Å². The Hall–Kier alpha value is -6.96. The minimum absolute atomic E-state index is 0.0491. The molecular formula is C81H101N7O10S11. The molecule has 10 rings (SSSR count). The van der Waals surface area contributed by atoms with Gasteiger partial charge in [0, 0.05) is 82.1 Å². The SMILES string of the molecule is CC.CC.CC.CC.CC.CC(=O)CCCN1C(=O)/C(=C/c2ccccc2)SC1=S.CC(=O)CCCN1C(=O)/C(=C/c2ccccc2)SC1=S.CC(=O)CCCN1C(=O)/C(=C/c2ccccn2)SC1=S.CC(=O)CCCN1C(=O)/C(=C/c2ccccn2)SC1=S.CC(=O)CCCN1C(=O)/C(=C/c2cccs2)SC1=S. The summed E-state index contributed by atoms with van der Waals surface area (Å²) in [4.78, 5) is 136. The van der Waals surface area contributed by atoms with Gasteiger partial charge in [-0.1, -0.05) is 268 Å². The summed E-state index contributed by atoms with van der Waals surface area (Å²) in [5, 5.41) is 1.97. The lowest BCUT2D eigenvalue weighted by Crippen LogP contribution is -2.29. The fourth-order valence-electron chi connectivity index (χ4n) is 8.99. The molecule has 17 nitrogen and oxygen atoms in total. The van der Waals surface area contributed by atoms with Crippen LogP contribution in [0.4, 0.5) is 0 Å². The van der Waals surface area contributed by atoms with E-state index in [4.69, 9.17) is 61.1 Å². The Balaban J connectivity index is 0.000000661. The highest BCUT2D eigenvalue weighted by atomic mass is 32.2. The molecule has 5 amide bonds. The number of carbonyl (C=O) groups is 10. The molecule has 5 aliphatic heterocycles. The maximum absolute atomic E-state index is 12.3. The Bertz CT molecular complexity index is 3590. The van der Waals surface area contributed by atoms with E-state index < -0.39 is 0 Å². The molecule has 5 saturated heterocycles. The molecule has 5 aromatic rings. The average molecular weight is 1690 g/mol. The second-order valence-corrected chi connectivity index (χ2v) is 31.4. The first kappa shape index (κ1) is 100. The van der Waals surface area contributed by atoms with Crippen LogP contribution < -0.4 is 0 Å². The summed E-state index contributed by atoms with van der Waals surface area (Å²) in [6, 6.07) is 34.3. The standard InChI is InChI=1S/2C15H15NO2S2.2C14H14N2O2S2.C13H13NO2S3.5C2H6/c2*1-11(17)6-5-9-16-14(18)13(20-15(16)19)10-12-7-3-2-4-8-12;2*1-10(17)5-4-8-16-13(18)12(20-14(16)19)9-11-6-2-3-7-15-11;1-9(15)4-2-6-14-12(16)11(19-13(14)17)8-10-5-3-7-18-10;5*1-2/h2*2-4,7-8,10H,5-6,9H2,1H3;2*2-3,6-7,9H,4-5,8H2,1H3;3,5,7-8H,2,4,6H2,1H3;5*1-2H3/b2*13-10-;2*12-9-;11-8-;;;;;. The molecule has 0 radical (unpaired) electrons. The topological polar surface area (TPSA) is 213 Å². The predicted molar refractivity (Wildman–Crippen MR) is 481 cm³/mol. The number of thioether (sulfide) groups is 5. The molecule has 0 N–H and O–H groups in total. The second-order valence-electron chi connectivity index (χ2n) is 22.0. The molecule has 0 atom stereocenters. The van der Waals surface area contributed by atoms with Gasteiger partial charge in [-0.05, 0) is 144 Å². The van der Waals surface area contributed by atoms with Gasteiger partial charge >= 0.3 is 0 Å². The predicted octanol–water partition coefficient (Wildman–Crippen LogP) is 20.3. The summed E-state index contributed by atoms with van der Waals surface area (Å²) in [6.07, 6.45) is 18.0. The van der Waals surface area contributed by atoms with Crippen molar-refractivity contribution in [2.45, 2.75) is 168 Å². The van der Waals surface area contributed by atoms with Gasteiger partial charge in [0.25, 0.3) is 29.5 Å². The Labute approximate surface area is 697 Å². The number of nitrogens with zero attached hydrogens (tertiary/aromatic N) is 7. The number of amides is 5. The zero-order valence-electron chi connectivity index (χ0n) is 64.8. The van der Waals surface area contributed by atoms with Gasteiger partial charge in [-0.2, -0.15) is 0 Å². The zero-order chi connectivity index (χ0) is 82.0. The van der Waals surface area contributed by atoms with Crippen LogP contribution in [-0.4, -0.2) is 147 Å². The smallest absolute Gasteiger partial charge is 0.266 e. The van der Waals surface area contributed by atoms with Crippen LogP contribution in [0.3, 0.4) is 0 Å². The summed E-state index contributed by atoms with van der Waals surface area (Å²) in [6.45, 7) is 30.3. The molecule has 28 heteroatoms. The van der Waals surface area contributed by atoms with Crippen LogP contribution in [0.1, 0.15) is 195 Å². The number of thiophene rings is 1. The first-order valence-corrected chi connectivity index (χ1v) is 43.1. The van der Waals surface area contributed by atoms with Crippen molar-refractivity contribution in [3.05, 3.63) is 179 Å². The lowest BCUT2D eigenvalue weighted by Gasteiger charge is -2.13. The molecular weight excluding hydrogens is 1580 g/mol. The molecule has 5 fully saturated rings. The third-order valence-electron chi connectivity index (χ3n) is 13.9. The van der Waals surface area contributed by atoms with Crippen LogP contribution in [0.15, 0.2) is 151 Å². The lowest BCUT2D eigenvalue weighted by atomic mass is 10.2. The minimum Gasteiger partial charge on any atom is -0.300 e. The molecule has 2 aromatic carbocycles. The average Bonchev–Trinajstić information content (AvgIpc) is 1.72. The number of rotatable bonds is 25. The normalized spacial score (nSPS) is 15.8. The van der Waals surface area contributed by atoms with E-state index in [0.29, 0.717) is 143 Å². The zero-order valence-corrected chi connectivity index (χ0v) is 73.8. The minimum atomic E-state index is -0.103. The van der Waals surface area contributed by atoms with E-state index in [9.17, 15) is 47.9 Å². The third kappa shape index (κ3) is 37.7. The first-order valence-electron chi connectivity index (χ1n) is 36.1. The number of aromatic nitrogens is 2. The Morgan fingerprint density at radius 1 is 0.321 bits per heavy atom. The number of thiocarbonyl (C=S) groups is 5. The van der Waals surface area contributed by atoms with Crippen molar-refractivity contribution in [1.82, 2.24) is 34.5 Å². The van der Waals surface area contributed by atoms with Crippen LogP contribution in [0.5, 0.6) is 0 Å². The van der Waals surface area contributed by atoms with Gasteiger partial charge in [0.1, 0.15) is 50.5 Å². The van der Waals surface area contributed by atoms with Crippen molar-refractivity contribution in [1.29, 1.82) is 0 Å². The number of pyridine rings is 2. The highest BCUT2D eigenvalue weighted by Gasteiger charge is 2.36. The van der Waals surface area contributed by atoms with Gasteiger partial charge in [0.2, 0.25) is 0 Å². The van der Waals surface area contributed by atoms with Gasteiger partial charge in [-0.25, -0.2) is 0 Å². The number of hydrogen-bond donors (Lipinski definition) is 0. The van der Waals surface area contributed by atoms with Crippen molar-refractivity contribution >= 4 is 242 Å². The molecule has 0 spiro atoms. The van der Waals surface area contributed by atoms with Gasteiger partial charge in [0.15, 0.2) is 0 Å². The molecule has 0 saturated carbocycles. The monoisotopic (exact) mass is 1680 g/mol. The van der Waals surface area contributed by atoms with Crippen LogP contribution >= 0.6 is 131 Å². The van der Waals surface area contributed by atoms with Gasteiger partial charge in [-0.3, -0.25) is 58.4 Å². The fourth-order valence-corrected chi connectivity index (χ4v) is 16.2. The van der Waals surface area contributed by atoms with Gasteiger partial charge in [-0.15, -0.1) is 11.3 Å². The fraction of sp³-hybridized carbons (Fsp3) is 0.370. The van der Waals surface area contributed by atoms with E-state index in [1.54, 1.807) is 95.0 Å². The van der Waals surface area contributed by atoms with E-state index >= 15 is 0 Å². The number of hydrogen-bond acceptors (Lipinski definition) is 23. The van der Waals surface area contributed by atoms with E-state index in [-0.39, 0.29) is 58.5 Å². The van der Waals surface area contributed by atoms with Crippen molar-refractivity contribution < 1.29 is 47.9 Å². The second kappa shape index (κ2) is 58.0. The van der Waals surface area contributed by atoms with E-state index in [2.05, 4.69) is 9.97 Å². The molecule has 586 valence electrons. The summed E-state index contributed by atoms with van der Waals surface area (Å²) in [7, 11) is 0. The van der Waals surface area contributed by atoms with Crippen LogP contribution in [0.2, 0.25) is 0 Å². The van der Waals surface area contributed by atoms with E-state index in [0.717, 1.165) is 27.4 Å². The summed E-state index contributed by atoms with van der Waals surface area (Å²) < 4.78 is 2.80. The summed E-state index contributed by atoms with van der Waals surface area (Å²) in [5.74, 6) is 0.277.